The van der Waals surface area contributed by atoms with Crippen molar-refractivity contribution in [3.05, 3.63) is 0 Å². The Labute approximate surface area is 81.3 Å². The van der Waals surface area contributed by atoms with Gasteiger partial charge in [-0.25, -0.2) is 0 Å². The zero-order valence-corrected chi connectivity index (χ0v) is 9.37. The van der Waals surface area contributed by atoms with Crippen molar-refractivity contribution in [3.63, 3.8) is 0 Å². The van der Waals surface area contributed by atoms with Gasteiger partial charge < -0.3 is 9.84 Å². The first kappa shape index (κ1) is 11.0. The lowest BCUT2D eigenvalue weighted by atomic mass is 9.87. The minimum atomic E-state index is -0.274. The third kappa shape index (κ3) is 2.44. The second-order valence-corrected chi connectivity index (χ2v) is 5.50. The van der Waals surface area contributed by atoms with Gasteiger partial charge in [-0.05, 0) is 11.3 Å². The number of ether oxygens (including phenoxy) is 1. The fourth-order valence-corrected chi connectivity index (χ4v) is 1.85. The van der Waals surface area contributed by atoms with E-state index in [-0.39, 0.29) is 23.7 Å². The maximum absolute atomic E-state index is 9.77. The predicted molar refractivity (Wildman–Crippen MR) is 53.6 cm³/mol. The molecule has 0 aromatic carbocycles. The second kappa shape index (κ2) is 3.58. The molecule has 0 amide bonds. The van der Waals surface area contributed by atoms with Crippen molar-refractivity contribution in [3.8, 4) is 0 Å². The van der Waals surface area contributed by atoms with Crippen molar-refractivity contribution in [2.45, 2.75) is 59.4 Å². The molecule has 1 aliphatic heterocycles. The van der Waals surface area contributed by atoms with E-state index in [1.807, 2.05) is 0 Å². The first-order valence-electron chi connectivity index (χ1n) is 5.16. The standard InChI is InChI=1S/C11H22O2/c1-7(2)10-8(12)6-9(13-10)11(3,4)5/h7-10,12H,6H2,1-5H3/t8-,9+,10+/m1/s1. The number of hydrogen-bond donors (Lipinski definition) is 1. The topological polar surface area (TPSA) is 29.5 Å². The molecule has 13 heavy (non-hydrogen) atoms. The predicted octanol–water partition coefficient (Wildman–Crippen LogP) is 2.21. The van der Waals surface area contributed by atoms with Crippen molar-refractivity contribution in [1.82, 2.24) is 0 Å². The Morgan fingerprint density at radius 1 is 1.31 bits per heavy atom. The largest absolute Gasteiger partial charge is 0.390 e. The van der Waals surface area contributed by atoms with Crippen LogP contribution >= 0.6 is 0 Å². The molecule has 1 aliphatic rings. The summed E-state index contributed by atoms with van der Waals surface area (Å²) in [5.74, 6) is 0.405. The number of rotatable bonds is 1. The van der Waals surface area contributed by atoms with Gasteiger partial charge in [0, 0.05) is 6.42 Å². The Morgan fingerprint density at radius 3 is 2.08 bits per heavy atom. The van der Waals surface area contributed by atoms with Gasteiger partial charge in [-0.3, -0.25) is 0 Å². The molecule has 78 valence electrons. The van der Waals surface area contributed by atoms with Crippen LogP contribution in [-0.2, 0) is 4.74 Å². The van der Waals surface area contributed by atoms with Crippen LogP contribution in [0.5, 0.6) is 0 Å². The highest BCUT2D eigenvalue weighted by molar-refractivity contribution is 4.89. The van der Waals surface area contributed by atoms with Crippen LogP contribution in [0.2, 0.25) is 0 Å². The van der Waals surface area contributed by atoms with Crippen molar-refractivity contribution >= 4 is 0 Å². The molecule has 1 heterocycles. The first-order valence-corrected chi connectivity index (χ1v) is 5.16. The smallest absolute Gasteiger partial charge is 0.0861 e. The van der Waals surface area contributed by atoms with Gasteiger partial charge in [-0.2, -0.15) is 0 Å². The molecule has 2 nitrogen and oxygen atoms in total. The van der Waals surface area contributed by atoms with Crippen LogP contribution in [0.15, 0.2) is 0 Å². The molecule has 2 heteroatoms. The van der Waals surface area contributed by atoms with Crippen LogP contribution in [0.25, 0.3) is 0 Å². The summed E-state index contributed by atoms with van der Waals surface area (Å²) in [5.41, 5.74) is 0.143. The van der Waals surface area contributed by atoms with E-state index in [0.717, 1.165) is 6.42 Å². The monoisotopic (exact) mass is 186 g/mol. The van der Waals surface area contributed by atoms with E-state index >= 15 is 0 Å². The number of aliphatic hydroxyl groups is 1. The van der Waals surface area contributed by atoms with E-state index in [4.69, 9.17) is 4.74 Å². The molecule has 0 aromatic heterocycles. The zero-order valence-electron chi connectivity index (χ0n) is 9.37. The third-order valence-corrected chi connectivity index (χ3v) is 2.78. The van der Waals surface area contributed by atoms with Crippen LogP contribution in [0, 0.1) is 11.3 Å². The number of aliphatic hydroxyl groups excluding tert-OH is 1. The molecule has 3 atom stereocenters. The van der Waals surface area contributed by atoms with Crippen molar-refractivity contribution in [2.75, 3.05) is 0 Å². The summed E-state index contributed by atoms with van der Waals surface area (Å²) in [6.07, 6.45) is 0.746. The molecule has 0 saturated carbocycles. The van der Waals surface area contributed by atoms with Gasteiger partial charge in [0.15, 0.2) is 0 Å². The van der Waals surface area contributed by atoms with E-state index in [0.29, 0.717) is 5.92 Å². The van der Waals surface area contributed by atoms with Gasteiger partial charge in [-0.1, -0.05) is 34.6 Å². The van der Waals surface area contributed by atoms with E-state index in [1.165, 1.54) is 0 Å². The van der Waals surface area contributed by atoms with Gasteiger partial charge in [0.25, 0.3) is 0 Å². The van der Waals surface area contributed by atoms with Gasteiger partial charge in [0.1, 0.15) is 0 Å². The molecule has 1 fully saturated rings. The molecule has 0 unspecified atom stereocenters. The molecular weight excluding hydrogens is 164 g/mol. The summed E-state index contributed by atoms with van der Waals surface area (Å²) in [4.78, 5) is 0. The SMILES string of the molecule is CC(C)[C@@H]1O[C@H](C(C)(C)C)C[C@H]1O. The number of hydrogen-bond acceptors (Lipinski definition) is 2. The van der Waals surface area contributed by atoms with Crippen LogP contribution < -0.4 is 0 Å². The molecule has 0 radical (unpaired) electrons. The van der Waals surface area contributed by atoms with Crippen LogP contribution in [0.3, 0.4) is 0 Å². The van der Waals surface area contributed by atoms with Crippen LogP contribution in [0.4, 0.5) is 0 Å². The average Bonchev–Trinajstić information content (AvgIpc) is 2.29. The van der Waals surface area contributed by atoms with Crippen molar-refractivity contribution in [1.29, 1.82) is 0 Å². The molecule has 0 aromatic rings. The Kier molecular flexibility index (Phi) is 3.03. The van der Waals surface area contributed by atoms with Gasteiger partial charge in [0.05, 0.1) is 18.3 Å². The molecular formula is C11H22O2. The summed E-state index contributed by atoms with van der Waals surface area (Å²) in [7, 11) is 0. The van der Waals surface area contributed by atoms with E-state index in [1.54, 1.807) is 0 Å². The van der Waals surface area contributed by atoms with Gasteiger partial charge >= 0.3 is 0 Å². The maximum Gasteiger partial charge on any atom is 0.0861 e. The Hall–Kier alpha value is -0.0800. The Bertz CT molecular complexity index is 169. The first-order chi connectivity index (χ1) is 5.82. The van der Waals surface area contributed by atoms with E-state index in [2.05, 4.69) is 34.6 Å². The molecule has 1 N–H and O–H groups in total. The molecule has 0 bridgehead atoms. The molecule has 0 aliphatic carbocycles. The summed E-state index contributed by atoms with van der Waals surface area (Å²) in [6, 6.07) is 0. The minimum absolute atomic E-state index is 0.0317. The highest BCUT2D eigenvalue weighted by Crippen LogP contribution is 2.35. The maximum atomic E-state index is 9.77. The highest BCUT2D eigenvalue weighted by Gasteiger charge is 2.40. The van der Waals surface area contributed by atoms with E-state index in [9.17, 15) is 5.11 Å². The lowest BCUT2D eigenvalue weighted by Crippen LogP contribution is -2.28. The fraction of sp³-hybridized carbons (Fsp3) is 1.00. The normalized spacial score (nSPS) is 35.8. The highest BCUT2D eigenvalue weighted by atomic mass is 16.5. The summed E-state index contributed by atoms with van der Waals surface area (Å²) >= 11 is 0. The Balaban J connectivity index is 2.60. The van der Waals surface area contributed by atoms with E-state index < -0.39 is 0 Å². The van der Waals surface area contributed by atoms with Crippen LogP contribution in [0.1, 0.15) is 41.0 Å². The van der Waals surface area contributed by atoms with Crippen LogP contribution in [-0.4, -0.2) is 23.4 Å². The molecule has 0 spiro atoms. The lowest BCUT2D eigenvalue weighted by Gasteiger charge is -2.27. The fourth-order valence-electron chi connectivity index (χ4n) is 1.85. The summed E-state index contributed by atoms with van der Waals surface area (Å²) in [5, 5.41) is 9.77. The van der Waals surface area contributed by atoms with Crippen molar-refractivity contribution < 1.29 is 9.84 Å². The quantitative estimate of drug-likeness (QED) is 0.680. The second-order valence-electron chi connectivity index (χ2n) is 5.50. The van der Waals surface area contributed by atoms with Crippen molar-refractivity contribution in [2.24, 2.45) is 11.3 Å². The van der Waals surface area contributed by atoms with Gasteiger partial charge in [0.2, 0.25) is 0 Å². The third-order valence-electron chi connectivity index (χ3n) is 2.78. The minimum Gasteiger partial charge on any atom is -0.390 e. The average molecular weight is 186 g/mol. The summed E-state index contributed by atoms with van der Waals surface area (Å²) in [6.45, 7) is 10.7. The van der Waals surface area contributed by atoms with Gasteiger partial charge in [-0.15, -0.1) is 0 Å². The molecule has 1 saturated heterocycles. The lowest BCUT2D eigenvalue weighted by molar-refractivity contribution is -0.0505. The Morgan fingerprint density at radius 2 is 1.85 bits per heavy atom. The zero-order chi connectivity index (χ0) is 10.2. The summed E-state index contributed by atoms with van der Waals surface area (Å²) < 4.78 is 5.85. The molecule has 1 rings (SSSR count).